The van der Waals surface area contributed by atoms with Crippen LogP contribution in [0.4, 0.5) is 0 Å². The van der Waals surface area contributed by atoms with Crippen molar-refractivity contribution in [3.8, 4) is 0 Å². The minimum absolute atomic E-state index is 0.420. The maximum Gasteiger partial charge on any atom is 0.121 e. The van der Waals surface area contributed by atoms with E-state index >= 15 is 0 Å². The molecule has 382 valence electrons. The van der Waals surface area contributed by atoms with Crippen molar-refractivity contribution in [1.82, 2.24) is 5.48 Å². The Kier molecular flexibility index (Phi) is 117. The Balaban J connectivity index is -0.000000109. The molecule has 2 N–H and O–H groups in total. The summed E-state index contributed by atoms with van der Waals surface area (Å²) < 4.78 is 0. The second kappa shape index (κ2) is 94.9. The zero-order valence-corrected chi connectivity index (χ0v) is 45.8. The number of hydroxylamine groups is 1. The van der Waals surface area contributed by atoms with Crippen LogP contribution < -0.4 is 5.48 Å². The highest BCUT2D eigenvalue weighted by atomic mass is 16.7. The summed E-state index contributed by atoms with van der Waals surface area (Å²) in [4.78, 5) is 5.51. The first kappa shape index (κ1) is 78.6. The maximum absolute atomic E-state index is 7.58. The third-order valence-electron chi connectivity index (χ3n) is 9.96. The molecular weight excluding hydrogens is 779 g/mol. The van der Waals surface area contributed by atoms with Crippen molar-refractivity contribution in [3.05, 3.63) is 100 Å². The van der Waals surface area contributed by atoms with Crippen molar-refractivity contribution < 1.29 is 9.94 Å². The van der Waals surface area contributed by atoms with Crippen LogP contribution in [0.5, 0.6) is 0 Å². The minimum Gasteiger partial charge on any atom is -0.507 e. The van der Waals surface area contributed by atoms with Crippen LogP contribution in [0.2, 0.25) is 0 Å². The molecule has 2 unspecified atom stereocenters. The summed E-state index contributed by atoms with van der Waals surface area (Å²) >= 11 is 0. The summed E-state index contributed by atoms with van der Waals surface area (Å²) in [7, 11) is 1.86. The van der Waals surface area contributed by atoms with Crippen LogP contribution >= 0.6 is 0 Å². The highest BCUT2D eigenvalue weighted by molar-refractivity contribution is 4.92. The van der Waals surface area contributed by atoms with Crippen molar-refractivity contribution in [3.63, 3.8) is 0 Å². The Morgan fingerprint density at radius 1 is 0.469 bits per heavy atom. The molecule has 2 atom stereocenters. The molecule has 0 aromatic heterocycles. The molecule has 0 aromatic carbocycles. The topological polar surface area (TPSA) is 41.5 Å². The maximum atomic E-state index is 7.58. The summed E-state index contributed by atoms with van der Waals surface area (Å²) in [5.41, 5.74) is 7.77. The standard InChI is InChI=1S/C18H30.C17H37NO.C15H30.C3H4O.2C2H6.2C2H4/c1-3-5-7-9-11-13-15-17-18-16-14-12-10-8-6-4-2;1-4-6-7-8-9-10-11-12-13-14-16-17(15-5-2)19-18-3;1-4-7-8-9-10-11-12-14-15(6-3)13-5-2;1-2-3-4;4*1-2/h5,8,10,14,16H,1,4,6-7,9,11-13,15,17-18H2,2H3;17-18H,4-16H2,1-3H3;6,15H,3-5,7-14H2,1-2H3;3-4H,1H2;2*1-2H3;2*1-2H2/b10-8-,16-14-;;;;;;;. The van der Waals surface area contributed by atoms with E-state index in [9.17, 15) is 0 Å². The van der Waals surface area contributed by atoms with E-state index in [1.165, 1.54) is 199 Å². The van der Waals surface area contributed by atoms with Gasteiger partial charge in [-0.1, -0.05) is 259 Å². The Bertz CT molecular complexity index is 871. The molecule has 0 aliphatic heterocycles. The third-order valence-corrected chi connectivity index (χ3v) is 9.96. The van der Waals surface area contributed by atoms with Gasteiger partial charge >= 0.3 is 0 Å². The van der Waals surface area contributed by atoms with E-state index in [1.807, 2.05) is 40.8 Å². The molecule has 0 rings (SSSR count). The first-order valence-electron chi connectivity index (χ1n) is 27.1. The number of allylic oxidation sites excluding steroid dienone is 6. The van der Waals surface area contributed by atoms with E-state index in [4.69, 9.17) is 9.94 Å². The molecule has 3 heteroatoms. The Morgan fingerprint density at radius 2 is 0.859 bits per heavy atom. The van der Waals surface area contributed by atoms with E-state index < -0.39 is 0 Å². The summed E-state index contributed by atoms with van der Waals surface area (Å²) in [6.07, 6.45) is 58.9. The average molecular weight is 901 g/mol. The van der Waals surface area contributed by atoms with Gasteiger partial charge in [0, 0.05) is 7.05 Å². The second-order valence-corrected chi connectivity index (χ2v) is 15.5. The van der Waals surface area contributed by atoms with Crippen molar-refractivity contribution >= 4 is 0 Å². The van der Waals surface area contributed by atoms with Crippen molar-refractivity contribution in [1.29, 1.82) is 0 Å². The number of aliphatic hydroxyl groups excluding tert-OH is 1. The second-order valence-electron chi connectivity index (χ2n) is 15.5. The number of hydrogen-bond acceptors (Lipinski definition) is 3. The van der Waals surface area contributed by atoms with Gasteiger partial charge in [0.15, 0.2) is 0 Å². The molecule has 0 aromatic rings. The molecule has 0 aliphatic rings. The van der Waals surface area contributed by atoms with Gasteiger partial charge in [-0.25, -0.2) is 5.48 Å². The molecular formula is C61H121NO2. The molecule has 0 fully saturated rings. The van der Waals surface area contributed by atoms with E-state index in [1.54, 1.807) is 0 Å². The first-order valence-corrected chi connectivity index (χ1v) is 27.1. The van der Waals surface area contributed by atoms with Crippen LogP contribution in [-0.2, 0) is 4.84 Å². The summed E-state index contributed by atoms with van der Waals surface area (Å²) in [5, 5.41) is 7.58. The van der Waals surface area contributed by atoms with Crippen LogP contribution in [0.3, 0.4) is 0 Å². The summed E-state index contributed by atoms with van der Waals surface area (Å²) in [6, 6.07) is 0. The number of aliphatic hydroxyl groups is 1. The van der Waals surface area contributed by atoms with Crippen LogP contribution in [0.25, 0.3) is 0 Å². The number of nitrogens with one attached hydrogen (secondary N) is 1. The van der Waals surface area contributed by atoms with E-state index in [0.717, 1.165) is 25.0 Å². The largest absolute Gasteiger partial charge is 0.507 e. The highest BCUT2D eigenvalue weighted by Gasteiger charge is 2.07. The van der Waals surface area contributed by atoms with Gasteiger partial charge in [-0.2, -0.15) is 0 Å². The number of hydrogen-bond donors (Lipinski definition) is 2. The monoisotopic (exact) mass is 900 g/mol. The van der Waals surface area contributed by atoms with E-state index in [0.29, 0.717) is 6.10 Å². The quantitative estimate of drug-likeness (QED) is 0.0213. The first-order chi connectivity index (χ1) is 31.5. The fraction of sp³-hybridized carbons (Fsp3) is 0.738. The lowest BCUT2D eigenvalue weighted by atomic mass is 9.96. The lowest BCUT2D eigenvalue weighted by Gasteiger charge is -2.15. The van der Waals surface area contributed by atoms with Gasteiger partial charge in [0.1, 0.15) is 6.26 Å². The van der Waals surface area contributed by atoms with E-state index in [2.05, 4.69) is 128 Å². The molecule has 3 nitrogen and oxygen atoms in total. The van der Waals surface area contributed by atoms with Gasteiger partial charge in [-0.15, -0.1) is 38.6 Å². The third kappa shape index (κ3) is 98.3. The van der Waals surface area contributed by atoms with E-state index in [-0.39, 0.29) is 0 Å². The van der Waals surface area contributed by atoms with Crippen molar-refractivity contribution in [2.45, 2.75) is 280 Å². The molecule has 0 spiro atoms. The zero-order chi connectivity index (χ0) is 50.3. The van der Waals surface area contributed by atoms with Crippen LogP contribution in [0.1, 0.15) is 274 Å². The minimum atomic E-state index is 0.420. The smallest absolute Gasteiger partial charge is 0.121 e. The molecule has 0 saturated heterocycles. The van der Waals surface area contributed by atoms with Gasteiger partial charge in [0.2, 0.25) is 0 Å². The lowest BCUT2D eigenvalue weighted by Crippen LogP contribution is -2.20. The predicted octanol–water partition coefficient (Wildman–Crippen LogP) is 22.2. The Morgan fingerprint density at radius 3 is 1.23 bits per heavy atom. The van der Waals surface area contributed by atoms with Gasteiger partial charge in [0.25, 0.3) is 0 Å². The lowest BCUT2D eigenvalue weighted by molar-refractivity contribution is -0.0220. The summed E-state index contributed by atoms with van der Waals surface area (Å²) in [5.74, 6) is 0.783. The number of rotatable bonds is 38. The number of unbranched alkanes of at least 4 members (excludes halogenated alkanes) is 22. The van der Waals surface area contributed by atoms with Gasteiger partial charge in [0.05, 0.1) is 6.10 Å². The zero-order valence-electron chi connectivity index (χ0n) is 45.8. The Labute approximate surface area is 407 Å². The average Bonchev–Trinajstić information content (AvgIpc) is 3.34. The van der Waals surface area contributed by atoms with Gasteiger partial charge in [-0.05, 0) is 76.2 Å². The van der Waals surface area contributed by atoms with Crippen molar-refractivity contribution in [2.75, 3.05) is 7.05 Å². The fourth-order valence-corrected chi connectivity index (χ4v) is 6.54. The van der Waals surface area contributed by atoms with Gasteiger partial charge in [-0.3, -0.25) is 4.84 Å². The molecule has 64 heavy (non-hydrogen) atoms. The van der Waals surface area contributed by atoms with Crippen LogP contribution in [0, 0.1) is 5.92 Å². The predicted molar refractivity (Wildman–Crippen MR) is 302 cm³/mol. The van der Waals surface area contributed by atoms with Gasteiger partial charge < -0.3 is 5.11 Å². The van der Waals surface area contributed by atoms with Crippen LogP contribution in [-0.4, -0.2) is 18.3 Å². The molecule has 0 bridgehead atoms. The molecule has 0 saturated carbocycles. The molecule has 0 heterocycles. The summed E-state index contributed by atoms with van der Waals surface area (Å²) in [6.45, 7) is 41.8. The molecule has 0 aliphatic carbocycles. The normalized spacial score (nSPS) is 10.5. The SMILES string of the molecule is C=C.C=C.C=C=CCCCCCCC/C=C\C/C=C\CCC.C=C=CO.C=CC(CCC)CCCCCCCCC.CC.CC.CCCCCCCCCCCCC(CCC)ONC. The Hall–Kier alpha value is -2.54. The highest BCUT2D eigenvalue weighted by Crippen LogP contribution is 2.18. The molecule has 0 radical (unpaired) electrons. The molecule has 0 amide bonds. The van der Waals surface area contributed by atoms with Crippen LogP contribution in [0.15, 0.2) is 100 Å². The van der Waals surface area contributed by atoms with Crippen molar-refractivity contribution in [2.24, 2.45) is 5.92 Å². The fourth-order valence-electron chi connectivity index (χ4n) is 6.54.